The Morgan fingerprint density at radius 3 is 2.81 bits per heavy atom. The normalized spacial score (nSPS) is 15.9. The van der Waals surface area contributed by atoms with Crippen LogP contribution in [0, 0.1) is 5.92 Å². The summed E-state index contributed by atoms with van der Waals surface area (Å²) in [6, 6.07) is 1.72. The second-order valence-corrected chi connectivity index (χ2v) is 5.19. The fraction of sp³-hybridized carbons (Fsp3) is 0.545. The van der Waals surface area contributed by atoms with Crippen LogP contribution in [0.2, 0.25) is 0 Å². The molecule has 1 aliphatic carbocycles. The van der Waals surface area contributed by atoms with Gasteiger partial charge in [-0.15, -0.1) is 0 Å². The summed E-state index contributed by atoms with van der Waals surface area (Å²) in [5.74, 6) is 1.31. The van der Waals surface area contributed by atoms with E-state index in [9.17, 15) is 0 Å². The van der Waals surface area contributed by atoms with Gasteiger partial charge in [-0.1, -0.05) is 12.2 Å². The van der Waals surface area contributed by atoms with E-state index < -0.39 is 0 Å². The molecule has 0 radical (unpaired) electrons. The molecule has 0 saturated heterocycles. The Labute approximate surface area is 101 Å². The molecule has 1 aromatic heterocycles. The lowest BCUT2D eigenvalue weighted by Gasteiger charge is -2.26. The van der Waals surface area contributed by atoms with Crippen LogP contribution in [0.15, 0.2) is 12.3 Å². The van der Waals surface area contributed by atoms with E-state index in [0.29, 0.717) is 22.5 Å². The fourth-order valence-corrected chi connectivity index (χ4v) is 1.87. The SMILES string of the molecule is CC(C)(Nc1nccc(C(N)=S)n1)C1CC1. The molecular formula is C11H16N4S. The number of anilines is 1. The highest BCUT2D eigenvalue weighted by atomic mass is 32.1. The Balaban J connectivity index is 2.14. The summed E-state index contributed by atoms with van der Waals surface area (Å²) in [6.07, 6.45) is 4.22. The highest BCUT2D eigenvalue weighted by Gasteiger charge is 2.38. The van der Waals surface area contributed by atoms with E-state index in [-0.39, 0.29) is 5.54 Å². The molecule has 4 nitrogen and oxygen atoms in total. The van der Waals surface area contributed by atoms with Crippen LogP contribution in [-0.4, -0.2) is 20.5 Å². The molecule has 1 saturated carbocycles. The zero-order valence-corrected chi connectivity index (χ0v) is 10.3. The van der Waals surface area contributed by atoms with E-state index in [1.54, 1.807) is 12.3 Å². The molecule has 86 valence electrons. The molecule has 0 aromatic carbocycles. The number of hydrogen-bond acceptors (Lipinski definition) is 4. The van der Waals surface area contributed by atoms with Gasteiger partial charge in [0.15, 0.2) is 0 Å². The van der Waals surface area contributed by atoms with Crippen LogP contribution < -0.4 is 11.1 Å². The van der Waals surface area contributed by atoms with Crippen molar-refractivity contribution in [2.45, 2.75) is 32.2 Å². The number of thiocarbonyl (C=S) groups is 1. The van der Waals surface area contributed by atoms with Gasteiger partial charge >= 0.3 is 0 Å². The lowest BCUT2D eigenvalue weighted by Crippen LogP contribution is -2.34. The molecule has 1 heterocycles. The Kier molecular flexibility index (Phi) is 2.80. The number of aromatic nitrogens is 2. The van der Waals surface area contributed by atoms with E-state index in [1.165, 1.54) is 12.8 Å². The van der Waals surface area contributed by atoms with Crippen molar-refractivity contribution in [3.05, 3.63) is 18.0 Å². The molecule has 1 aliphatic rings. The summed E-state index contributed by atoms with van der Waals surface area (Å²) in [6.45, 7) is 4.34. The van der Waals surface area contributed by atoms with Crippen molar-refractivity contribution in [3.63, 3.8) is 0 Å². The Morgan fingerprint density at radius 2 is 2.25 bits per heavy atom. The average molecular weight is 236 g/mol. The van der Waals surface area contributed by atoms with Crippen molar-refractivity contribution in [2.75, 3.05) is 5.32 Å². The van der Waals surface area contributed by atoms with Gasteiger partial charge in [-0.3, -0.25) is 0 Å². The summed E-state index contributed by atoms with van der Waals surface area (Å²) in [5.41, 5.74) is 6.18. The number of nitrogens with one attached hydrogen (secondary N) is 1. The highest BCUT2D eigenvalue weighted by Crippen LogP contribution is 2.40. The first-order chi connectivity index (χ1) is 7.49. The van der Waals surface area contributed by atoms with E-state index in [4.69, 9.17) is 18.0 Å². The van der Waals surface area contributed by atoms with Crippen LogP contribution >= 0.6 is 12.2 Å². The molecule has 0 amide bonds. The second-order valence-electron chi connectivity index (χ2n) is 4.75. The largest absolute Gasteiger partial charge is 0.388 e. The van der Waals surface area contributed by atoms with Crippen LogP contribution in [0.5, 0.6) is 0 Å². The first-order valence-electron chi connectivity index (χ1n) is 5.40. The molecule has 0 aliphatic heterocycles. The zero-order valence-electron chi connectivity index (χ0n) is 9.53. The van der Waals surface area contributed by atoms with Crippen LogP contribution in [0.4, 0.5) is 5.95 Å². The second kappa shape index (κ2) is 3.97. The molecule has 0 bridgehead atoms. The first kappa shape index (κ1) is 11.3. The van der Waals surface area contributed by atoms with Crippen molar-refractivity contribution < 1.29 is 0 Å². The predicted octanol–water partition coefficient (Wildman–Crippen LogP) is 1.71. The van der Waals surface area contributed by atoms with E-state index in [1.807, 2.05) is 0 Å². The summed E-state index contributed by atoms with van der Waals surface area (Å²) >= 11 is 4.89. The van der Waals surface area contributed by atoms with E-state index in [0.717, 1.165) is 0 Å². The number of nitrogens with two attached hydrogens (primary N) is 1. The molecule has 5 heteroatoms. The van der Waals surface area contributed by atoms with Gasteiger partial charge in [0.1, 0.15) is 10.7 Å². The maximum Gasteiger partial charge on any atom is 0.223 e. The van der Waals surface area contributed by atoms with Gasteiger partial charge in [0.2, 0.25) is 5.95 Å². The van der Waals surface area contributed by atoms with Gasteiger partial charge in [0.05, 0.1) is 0 Å². The maximum atomic E-state index is 5.53. The molecule has 1 aromatic rings. The van der Waals surface area contributed by atoms with Crippen LogP contribution in [0.3, 0.4) is 0 Å². The third kappa shape index (κ3) is 2.47. The number of rotatable bonds is 4. The summed E-state index contributed by atoms with van der Waals surface area (Å²) in [5, 5.41) is 3.34. The smallest absolute Gasteiger partial charge is 0.223 e. The van der Waals surface area contributed by atoms with Gasteiger partial charge in [0.25, 0.3) is 0 Å². The number of nitrogens with zero attached hydrogens (tertiary/aromatic N) is 2. The molecule has 0 spiro atoms. The Hall–Kier alpha value is -1.23. The van der Waals surface area contributed by atoms with Crippen LogP contribution in [-0.2, 0) is 0 Å². The topological polar surface area (TPSA) is 63.8 Å². The minimum Gasteiger partial charge on any atom is -0.388 e. The standard InChI is InChI=1S/C11H16N4S/c1-11(2,7-3-4-7)15-10-13-6-5-8(14-10)9(12)16/h5-7H,3-4H2,1-2H3,(H2,12,16)(H,13,14,15). The molecule has 3 N–H and O–H groups in total. The van der Waals surface area contributed by atoms with Crippen LogP contribution in [0.1, 0.15) is 32.4 Å². The van der Waals surface area contributed by atoms with Crippen molar-refractivity contribution in [3.8, 4) is 0 Å². The van der Waals surface area contributed by atoms with Crippen molar-refractivity contribution in [1.29, 1.82) is 0 Å². The minimum absolute atomic E-state index is 0.0365. The molecular weight excluding hydrogens is 220 g/mol. The average Bonchev–Trinajstić information content (AvgIpc) is 3.00. The first-order valence-corrected chi connectivity index (χ1v) is 5.81. The molecule has 0 atom stereocenters. The predicted molar refractivity (Wildman–Crippen MR) is 68.3 cm³/mol. The Bertz CT molecular complexity index is 412. The third-order valence-corrected chi connectivity index (χ3v) is 3.15. The van der Waals surface area contributed by atoms with Crippen LogP contribution in [0.25, 0.3) is 0 Å². The summed E-state index contributed by atoms with van der Waals surface area (Å²) in [7, 11) is 0. The Morgan fingerprint density at radius 1 is 1.56 bits per heavy atom. The number of hydrogen-bond donors (Lipinski definition) is 2. The van der Waals surface area contributed by atoms with Gasteiger partial charge in [-0.05, 0) is 38.7 Å². The molecule has 2 rings (SSSR count). The maximum absolute atomic E-state index is 5.53. The highest BCUT2D eigenvalue weighted by molar-refractivity contribution is 7.80. The third-order valence-electron chi connectivity index (χ3n) is 2.94. The summed E-state index contributed by atoms with van der Waals surface area (Å²) in [4.78, 5) is 8.76. The van der Waals surface area contributed by atoms with Crippen molar-refractivity contribution >= 4 is 23.2 Å². The molecule has 16 heavy (non-hydrogen) atoms. The van der Waals surface area contributed by atoms with Gasteiger partial charge in [0, 0.05) is 11.7 Å². The molecule has 0 unspecified atom stereocenters. The van der Waals surface area contributed by atoms with Gasteiger partial charge in [-0.25, -0.2) is 9.97 Å². The zero-order chi connectivity index (χ0) is 11.8. The minimum atomic E-state index is 0.0365. The van der Waals surface area contributed by atoms with Crippen molar-refractivity contribution in [1.82, 2.24) is 9.97 Å². The van der Waals surface area contributed by atoms with Crippen molar-refractivity contribution in [2.24, 2.45) is 11.7 Å². The lowest BCUT2D eigenvalue weighted by molar-refractivity contribution is 0.490. The van der Waals surface area contributed by atoms with Gasteiger partial charge < -0.3 is 11.1 Å². The quantitative estimate of drug-likeness (QED) is 0.779. The van der Waals surface area contributed by atoms with Gasteiger partial charge in [-0.2, -0.15) is 0 Å². The fourth-order valence-electron chi connectivity index (χ4n) is 1.75. The molecule has 1 fully saturated rings. The van der Waals surface area contributed by atoms with E-state index >= 15 is 0 Å². The monoisotopic (exact) mass is 236 g/mol. The summed E-state index contributed by atoms with van der Waals surface area (Å²) < 4.78 is 0. The van der Waals surface area contributed by atoms with E-state index in [2.05, 4.69) is 29.1 Å². The lowest BCUT2D eigenvalue weighted by atomic mass is 9.99.